The fourth-order valence-electron chi connectivity index (χ4n) is 3.69. The number of rotatable bonds is 7. The third-order valence-electron chi connectivity index (χ3n) is 5.16. The van der Waals surface area contributed by atoms with Gasteiger partial charge in [-0.3, -0.25) is 9.59 Å². The Morgan fingerprint density at radius 3 is 2.87 bits per heavy atom. The molecule has 1 aromatic heterocycles. The summed E-state index contributed by atoms with van der Waals surface area (Å²) in [5, 5.41) is 5.80. The van der Waals surface area contributed by atoms with Crippen LogP contribution >= 0.6 is 0 Å². The van der Waals surface area contributed by atoms with Crippen LogP contribution in [0, 0.1) is 5.41 Å². The molecule has 0 unspecified atom stereocenters. The predicted octanol–water partition coefficient (Wildman–Crippen LogP) is 1.86. The van der Waals surface area contributed by atoms with E-state index in [1.165, 1.54) is 12.7 Å². The Labute approximate surface area is 135 Å². The maximum absolute atomic E-state index is 12.1. The van der Waals surface area contributed by atoms with Crippen LogP contribution in [0.25, 0.3) is 0 Å². The number of nitrogens with one attached hydrogen (secondary N) is 2. The van der Waals surface area contributed by atoms with Gasteiger partial charge in [0.15, 0.2) is 5.76 Å². The average molecular weight is 320 g/mol. The van der Waals surface area contributed by atoms with E-state index in [1.54, 1.807) is 12.1 Å². The number of ether oxygens (including phenoxy) is 1. The van der Waals surface area contributed by atoms with Crippen LogP contribution in [0.5, 0.6) is 0 Å². The molecule has 1 heterocycles. The summed E-state index contributed by atoms with van der Waals surface area (Å²) in [6.45, 7) is 3.05. The molecule has 6 nitrogen and oxygen atoms in total. The van der Waals surface area contributed by atoms with Crippen LogP contribution in [0.3, 0.4) is 0 Å². The van der Waals surface area contributed by atoms with Crippen LogP contribution in [0.15, 0.2) is 22.8 Å². The summed E-state index contributed by atoms with van der Waals surface area (Å²) in [6.07, 6.45) is 6.41. The van der Waals surface area contributed by atoms with Crippen LogP contribution in [0.2, 0.25) is 0 Å². The molecule has 2 amide bonds. The van der Waals surface area contributed by atoms with E-state index in [1.807, 2.05) is 6.92 Å². The van der Waals surface area contributed by atoms with Crippen LogP contribution < -0.4 is 10.6 Å². The largest absolute Gasteiger partial charge is 0.459 e. The minimum absolute atomic E-state index is 0.0176. The van der Waals surface area contributed by atoms with Crippen molar-refractivity contribution in [2.45, 2.75) is 51.2 Å². The zero-order chi connectivity index (χ0) is 16.3. The summed E-state index contributed by atoms with van der Waals surface area (Å²) < 4.78 is 10.8. The molecule has 6 heteroatoms. The van der Waals surface area contributed by atoms with E-state index >= 15 is 0 Å². The summed E-state index contributed by atoms with van der Waals surface area (Å²) >= 11 is 0. The summed E-state index contributed by atoms with van der Waals surface area (Å²) in [6, 6.07) is 3.48. The molecule has 2 aliphatic rings. The zero-order valence-corrected chi connectivity index (χ0v) is 13.5. The molecule has 126 valence electrons. The lowest BCUT2D eigenvalue weighted by Crippen LogP contribution is -2.67. The maximum Gasteiger partial charge on any atom is 0.286 e. The van der Waals surface area contributed by atoms with E-state index in [2.05, 4.69) is 10.6 Å². The highest BCUT2D eigenvalue weighted by atomic mass is 16.5. The first kappa shape index (κ1) is 16.1. The van der Waals surface area contributed by atoms with Gasteiger partial charge in [-0.1, -0.05) is 6.42 Å². The molecular weight excluding hydrogens is 296 g/mol. The Balaban J connectivity index is 1.39. The van der Waals surface area contributed by atoms with E-state index < -0.39 is 0 Å². The maximum atomic E-state index is 12.1. The van der Waals surface area contributed by atoms with Gasteiger partial charge in [-0.2, -0.15) is 0 Å². The molecule has 2 aliphatic carbocycles. The van der Waals surface area contributed by atoms with Gasteiger partial charge in [0, 0.05) is 31.0 Å². The molecule has 0 bridgehead atoms. The first-order valence-corrected chi connectivity index (χ1v) is 8.38. The minimum atomic E-state index is -0.293. The van der Waals surface area contributed by atoms with Crippen LogP contribution in [-0.2, 0) is 9.53 Å². The first-order valence-electron chi connectivity index (χ1n) is 8.38. The standard InChI is InChI=1S/C17H24N2O4/c1-2-22-14-11-13(17(14)7-4-8-17)19-15(20)6-9-18-16(21)12-5-3-10-23-12/h3,5,10,13-14H,2,4,6-9,11H2,1H3,(H,18,21)(H,19,20)/t13-,14-/m0/s1. The molecule has 3 rings (SSSR count). The van der Waals surface area contributed by atoms with Crippen molar-refractivity contribution in [3.63, 3.8) is 0 Å². The Morgan fingerprint density at radius 1 is 1.43 bits per heavy atom. The molecule has 2 N–H and O–H groups in total. The number of carbonyl (C=O) groups excluding carboxylic acids is 2. The van der Waals surface area contributed by atoms with E-state index in [9.17, 15) is 9.59 Å². The number of amides is 2. The Kier molecular flexibility index (Phi) is 4.71. The molecule has 0 radical (unpaired) electrons. The molecule has 2 saturated carbocycles. The molecular formula is C17H24N2O4. The monoisotopic (exact) mass is 320 g/mol. The van der Waals surface area contributed by atoms with Crippen molar-refractivity contribution in [3.8, 4) is 0 Å². The van der Waals surface area contributed by atoms with E-state index in [0.29, 0.717) is 12.6 Å². The molecule has 0 saturated heterocycles. The lowest BCUT2D eigenvalue weighted by Gasteiger charge is -2.61. The van der Waals surface area contributed by atoms with Gasteiger partial charge in [0.2, 0.25) is 5.91 Å². The smallest absolute Gasteiger partial charge is 0.286 e. The first-order chi connectivity index (χ1) is 11.2. The Bertz CT molecular complexity index is 551. The highest BCUT2D eigenvalue weighted by molar-refractivity contribution is 5.91. The van der Waals surface area contributed by atoms with Gasteiger partial charge in [0.05, 0.1) is 12.4 Å². The van der Waals surface area contributed by atoms with Crippen molar-refractivity contribution >= 4 is 11.8 Å². The third-order valence-corrected chi connectivity index (χ3v) is 5.16. The fraction of sp³-hybridized carbons (Fsp3) is 0.647. The van der Waals surface area contributed by atoms with Crippen molar-refractivity contribution < 1.29 is 18.7 Å². The Morgan fingerprint density at radius 2 is 2.26 bits per heavy atom. The second-order valence-electron chi connectivity index (χ2n) is 6.37. The summed E-state index contributed by atoms with van der Waals surface area (Å²) in [5.74, 6) is -0.0494. The van der Waals surface area contributed by atoms with Crippen molar-refractivity contribution in [2.24, 2.45) is 5.41 Å². The molecule has 23 heavy (non-hydrogen) atoms. The molecule has 2 atom stereocenters. The SMILES string of the molecule is CCO[C@H]1C[C@H](NC(=O)CCNC(=O)c2ccco2)C12CCC2. The van der Waals surface area contributed by atoms with Gasteiger partial charge in [-0.25, -0.2) is 0 Å². The highest BCUT2D eigenvalue weighted by Crippen LogP contribution is 2.57. The highest BCUT2D eigenvalue weighted by Gasteiger charge is 2.59. The number of furan rings is 1. The van der Waals surface area contributed by atoms with Gasteiger partial charge < -0.3 is 19.8 Å². The van der Waals surface area contributed by atoms with Crippen LogP contribution in [0.1, 0.15) is 49.6 Å². The predicted molar refractivity (Wildman–Crippen MR) is 83.9 cm³/mol. The van der Waals surface area contributed by atoms with E-state index in [-0.39, 0.29) is 35.5 Å². The van der Waals surface area contributed by atoms with Crippen molar-refractivity contribution in [1.82, 2.24) is 10.6 Å². The summed E-state index contributed by atoms with van der Waals surface area (Å²) in [7, 11) is 0. The number of hydrogen-bond acceptors (Lipinski definition) is 4. The molecule has 2 fully saturated rings. The van der Waals surface area contributed by atoms with Crippen LogP contribution in [-0.4, -0.2) is 37.1 Å². The van der Waals surface area contributed by atoms with Crippen LogP contribution in [0.4, 0.5) is 0 Å². The fourth-order valence-corrected chi connectivity index (χ4v) is 3.69. The van der Waals surface area contributed by atoms with Crippen molar-refractivity contribution in [1.29, 1.82) is 0 Å². The summed E-state index contributed by atoms with van der Waals surface area (Å²) in [5.41, 5.74) is 0.170. The second kappa shape index (κ2) is 6.74. The molecule has 1 spiro atoms. The van der Waals surface area contributed by atoms with Gasteiger partial charge >= 0.3 is 0 Å². The third kappa shape index (κ3) is 3.13. The zero-order valence-electron chi connectivity index (χ0n) is 13.5. The average Bonchev–Trinajstić information content (AvgIpc) is 2.98. The van der Waals surface area contributed by atoms with E-state index in [0.717, 1.165) is 25.9 Å². The van der Waals surface area contributed by atoms with Crippen molar-refractivity contribution in [2.75, 3.05) is 13.2 Å². The molecule has 0 aromatic carbocycles. The Hall–Kier alpha value is -1.82. The lowest BCUT2D eigenvalue weighted by molar-refractivity contribution is -0.175. The van der Waals surface area contributed by atoms with Gasteiger partial charge in [0.25, 0.3) is 5.91 Å². The second-order valence-corrected chi connectivity index (χ2v) is 6.37. The quantitative estimate of drug-likeness (QED) is 0.803. The van der Waals surface area contributed by atoms with Gasteiger partial charge in [-0.05, 0) is 38.3 Å². The minimum Gasteiger partial charge on any atom is -0.459 e. The molecule has 1 aromatic rings. The van der Waals surface area contributed by atoms with Gasteiger partial charge in [0.1, 0.15) is 0 Å². The lowest BCUT2D eigenvalue weighted by atomic mass is 9.51. The summed E-state index contributed by atoms with van der Waals surface area (Å²) in [4.78, 5) is 23.8. The number of carbonyl (C=O) groups is 2. The van der Waals surface area contributed by atoms with Crippen molar-refractivity contribution in [3.05, 3.63) is 24.2 Å². The topological polar surface area (TPSA) is 80.6 Å². The number of hydrogen-bond donors (Lipinski definition) is 2. The molecule has 0 aliphatic heterocycles. The van der Waals surface area contributed by atoms with Gasteiger partial charge in [-0.15, -0.1) is 0 Å². The van der Waals surface area contributed by atoms with E-state index in [4.69, 9.17) is 9.15 Å². The normalized spacial score (nSPS) is 24.6.